The number of likely N-dealkylation sites (tertiary alicyclic amines) is 1. The molecule has 1 N–H and O–H groups in total. The maximum absolute atomic E-state index is 12.4. The van der Waals surface area contributed by atoms with Gasteiger partial charge in [0.2, 0.25) is 0 Å². The van der Waals surface area contributed by atoms with E-state index in [0.29, 0.717) is 36.3 Å². The minimum Gasteiger partial charge on any atom is -0.391 e. The maximum Gasteiger partial charge on any atom is 0.253 e. The van der Waals surface area contributed by atoms with Crippen LogP contribution in [-0.2, 0) is 0 Å². The van der Waals surface area contributed by atoms with Crippen molar-refractivity contribution in [2.75, 3.05) is 13.1 Å². The first-order valence-electron chi connectivity index (χ1n) is 7.95. The van der Waals surface area contributed by atoms with Gasteiger partial charge in [0.1, 0.15) is 6.07 Å². The Bertz CT molecular complexity index is 822. The van der Waals surface area contributed by atoms with E-state index in [9.17, 15) is 15.2 Å². The number of nitriles is 1. The Balaban J connectivity index is 1.91. The second-order valence-corrected chi connectivity index (χ2v) is 6.19. The van der Waals surface area contributed by atoms with E-state index in [4.69, 9.17) is 0 Å². The van der Waals surface area contributed by atoms with E-state index < -0.39 is 6.10 Å². The number of hydrogen-bond donors (Lipinski definition) is 1. The van der Waals surface area contributed by atoms with Gasteiger partial charge in [-0.05, 0) is 44.0 Å². The Kier molecular flexibility index (Phi) is 4.32. The number of carbonyl (C=O) groups is 1. The number of nitrogens with zero attached hydrogens (tertiary/aromatic N) is 3. The number of benzene rings is 1. The molecule has 0 aliphatic carbocycles. The first kappa shape index (κ1) is 16.2. The maximum atomic E-state index is 12.4. The van der Waals surface area contributed by atoms with Gasteiger partial charge in [-0.25, -0.2) is 0 Å². The van der Waals surface area contributed by atoms with E-state index in [0.717, 1.165) is 16.8 Å². The van der Waals surface area contributed by atoms with Gasteiger partial charge in [0.25, 0.3) is 5.91 Å². The molecule has 1 atom stereocenters. The number of hydrogen-bond acceptors (Lipinski definition) is 4. The SMILES string of the molecule is Cc1cc(C)c(C#N)c(-c2ccc(C(=O)N3CC[C@@H](O)C3)cc2)n1. The predicted octanol–water partition coefficient (Wildman–Crippen LogP) is 2.44. The number of aliphatic hydroxyl groups is 1. The largest absolute Gasteiger partial charge is 0.391 e. The molecule has 5 nitrogen and oxygen atoms in total. The topological polar surface area (TPSA) is 77.2 Å². The number of carbonyl (C=O) groups excluding carboxylic acids is 1. The van der Waals surface area contributed by atoms with Crippen molar-refractivity contribution < 1.29 is 9.90 Å². The monoisotopic (exact) mass is 321 g/mol. The van der Waals surface area contributed by atoms with Crippen molar-refractivity contribution in [1.29, 1.82) is 5.26 Å². The lowest BCUT2D eigenvalue weighted by Crippen LogP contribution is -2.29. The average Bonchev–Trinajstić information content (AvgIpc) is 3.00. The summed E-state index contributed by atoms with van der Waals surface area (Å²) in [6.45, 7) is 4.76. The molecule has 1 fully saturated rings. The molecule has 1 aliphatic rings. The van der Waals surface area contributed by atoms with Crippen molar-refractivity contribution in [1.82, 2.24) is 9.88 Å². The van der Waals surface area contributed by atoms with Crippen LogP contribution < -0.4 is 0 Å². The molecule has 2 heterocycles. The fourth-order valence-electron chi connectivity index (χ4n) is 3.07. The number of amides is 1. The molecule has 0 radical (unpaired) electrons. The minimum absolute atomic E-state index is 0.0769. The number of β-amino-alcohol motifs (C(OH)–C–C–N with tert-alkyl or cyclic N) is 1. The summed E-state index contributed by atoms with van der Waals surface area (Å²) in [5.41, 5.74) is 4.35. The highest BCUT2D eigenvalue weighted by Crippen LogP contribution is 2.25. The molecule has 1 aliphatic heterocycles. The summed E-state index contributed by atoms with van der Waals surface area (Å²) in [4.78, 5) is 18.6. The first-order valence-corrected chi connectivity index (χ1v) is 7.95. The summed E-state index contributed by atoms with van der Waals surface area (Å²) in [6.07, 6.45) is 0.202. The third-order valence-corrected chi connectivity index (χ3v) is 4.31. The molecular weight excluding hydrogens is 302 g/mol. The molecule has 1 saturated heterocycles. The molecule has 1 aromatic heterocycles. The highest BCUT2D eigenvalue weighted by atomic mass is 16.3. The van der Waals surface area contributed by atoms with Crippen LogP contribution in [0.1, 0.15) is 33.6 Å². The van der Waals surface area contributed by atoms with Crippen LogP contribution in [0.25, 0.3) is 11.3 Å². The van der Waals surface area contributed by atoms with Crippen LogP contribution >= 0.6 is 0 Å². The highest BCUT2D eigenvalue weighted by Gasteiger charge is 2.25. The summed E-state index contributed by atoms with van der Waals surface area (Å²) in [6, 6.07) is 11.2. The van der Waals surface area contributed by atoms with Crippen molar-refractivity contribution in [3.8, 4) is 17.3 Å². The predicted molar refractivity (Wildman–Crippen MR) is 90.4 cm³/mol. The molecule has 0 spiro atoms. The smallest absolute Gasteiger partial charge is 0.253 e. The molecule has 0 unspecified atom stereocenters. The van der Waals surface area contributed by atoms with Crippen LogP contribution in [-0.4, -0.2) is 40.1 Å². The minimum atomic E-state index is -0.425. The number of rotatable bonds is 2. The van der Waals surface area contributed by atoms with Gasteiger partial charge < -0.3 is 10.0 Å². The molecule has 1 aromatic carbocycles. The van der Waals surface area contributed by atoms with Gasteiger partial charge in [0, 0.05) is 29.9 Å². The first-order chi connectivity index (χ1) is 11.5. The Labute approximate surface area is 141 Å². The molecule has 0 bridgehead atoms. The number of aliphatic hydroxyl groups excluding tert-OH is 1. The fourth-order valence-corrected chi connectivity index (χ4v) is 3.07. The second kappa shape index (κ2) is 6.42. The van der Waals surface area contributed by atoms with E-state index >= 15 is 0 Å². The lowest BCUT2D eigenvalue weighted by Gasteiger charge is -2.16. The van der Waals surface area contributed by atoms with Crippen LogP contribution in [0.15, 0.2) is 30.3 Å². The van der Waals surface area contributed by atoms with Gasteiger partial charge in [0.15, 0.2) is 0 Å². The normalized spacial score (nSPS) is 16.9. The molecule has 0 saturated carbocycles. The van der Waals surface area contributed by atoms with E-state index in [2.05, 4.69) is 11.1 Å². The van der Waals surface area contributed by atoms with Crippen LogP contribution in [0.5, 0.6) is 0 Å². The molecular formula is C19H19N3O2. The van der Waals surface area contributed by atoms with Crippen molar-refractivity contribution >= 4 is 5.91 Å². The Morgan fingerprint density at radius 2 is 2.04 bits per heavy atom. The lowest BCUT2D eigenvalue weighted by atomic mass is 10.0. The van der Waals surface area contributed by atoms with Gasteiger partial charge in [0.05, 0.1) is 17.4 Å². The zero-order chi connectivity index (χ0) is 17.3. The Morgan fingerprint density at radius 1 is 1.33 bits per heavy atom. The molecule has 1 amide bonds. The van der Waals surface area contributed by atoms with Crippen LogP contribution in [0.3, 0.4) is 0 Å². The average molecular weight is 321 g/mol. The number of pyridine rings is 1. The van der Waals surface area contributed by atoms with E-state index in [1.807, 2.05) is 32.0 Å². The van der Waals surface area contributed by atoms with Gasteiger partial charge in [-0.15, -0.1) is 0 Å². The summed E-state index contributed by atoms with van der Waals surface area (Å²) in [7, 11) is 0. The molecule has 3 rings (SSSR count). The zero-order valence-corrected chi connectivity index (χ0v) is 13.8. The fraction of sp³-hybridized carbons (Fsp3) is 0.316. The summed E-state index contributed by atoms with van der Waals surface area (Å²) in [5.74, 6) is -0.0769. The van der Waals surface area contributed by atoms with E-state index in [1.54, 1.807) is 17.0 Å². The van der Waals surface area contributed by atoms with Crippen molar-refractivity contribution in [3.63, 3.8) is 0 Å². The second-order valence-electron chi connectivity index (χ2n) is 6.19. The summed E-state index contributed by atoms with van der Waals surface area (Å²) < 4.78 is 0. The quantitative estimate of drug-likeness (QED) is 0.921. The van der Waals surface area contributed by atoms with Gasteiger partial charge >= 0.3 is 0 Å². The van der Waals surface area contributed by atoms with Crippen LogP contribution in [0.4, 0.5) is 0 Å². The number of aromatic nitrogens is 1. The third-order valence-electron chi connectivity index (χ3n) is 4.31. The molecule has 122 valence electrons. The molecule has 2 aromatic rings. The van der Waals surface area contributed by atoms with E-state index in [1.165, 1.54) is 0 Å². The van der Waals surface area contributed by atoms with Crippen molar-refractivity contribution in [2.24, 2.45) is 0 Å². The molecule has 24 heavy (non-hydrogen) atoms. The zero-order valence-electron chi connectivity index (χ0n) is 13.8. The van der Waals surface area contributed by atoms with Gasteiger partial charge in [-0.2, -0.15) is 5.26 Å². The van der Waals surface area contributed by atoms with Gasteiger partial charge in [-0.3, -0.25) is 9.78 Å². The molecule has 5 heteroatoms. The van der Waals surface area contributed by atoms with E-state index in [-0.39, 0.29) is 5.91 Å². The highest BCUT2D eigenvalue weighted by molar-refractivity contribution is 5.95. The summed E-state index contributed by atoms with van der Waals surface area (Å²) >= 11 is 0. The van der Waals surface area contributed by atoms with Crippen molar-refractivity contribution in [2.45, 2.75) is 26.4 Å². The van der Waals surface area contributed by atoms with Crippen LogP contribution in [0.2, 0.25) is 0 Å². The third kappa shape index (κ3) is 3.01. The Morgan fingerprint density at radius 3 is 2.62 bits per heavy atom. The number of aryl methyl sites for hydroxylation is 2. The Hall–Kier alpha value is -2.71. The lowest BCUT2D eigenvalue weighted by molar-refractivity contribution is 0.0765. The summed E-state index contributed by atoms with van der Waals surface area (Å²) in [5, 5.41) is 19.0. The standard InChI is InChI=1S/C19H19N3O2/c1-12-9-13(2)21-18(17(12)10-20)14-3-5-15(6-4-14)19(24)22-8-7-16(23)11-22/h3-6,9,16,23H,7-8,11H2,1-2H3/t16-/m1/s1. The van der Waals surface area contributed by atoms with Gasteiger partial charge in [-0.1, -0.05) is 12.1 Å². The van der Waals surface area contributed by atoms with Crippen LogP contribution in [0, 0.1) is 25.2 Å². The van der Waals surface area contributed by atoms with Crippen molar-refractivity contribution in [3.05, 3.63) is 52.7 Å².